The molecule has 2 aromatic carbocycles. The summed E-state index contributed by atoms with van der Waals surface area (Å²) >= 11 is 5.99. The van der Waals surface area contributed by atoms with Crippen molar-refractivity contribution in [3.63, 3.8) is 0 Å². The molecule has 160 valence electrons. The van der Waals surface area contributed by atoms with E-state index in [1.54, 1.807) is 6.07 Å². The number of hydrogen-bond donors (Lipinski definition) is 1. The summed E-state index contributed by atoms with van der Waals surface area (Å²) in [6, 6.07) is 7.59. The number of amides is 2. The lowest BCUT2D eigenvalue weighted by atomic mass is 10.1. The van der Waals surface area contributed by atoms with Gasteiger partial charge >= 0.3 is 6.18 Å². The van der Waals surface area contributed by atoms with Gasteiger partial charge in [-0.3, -0.25) is 19.4 Å². The molecule has 1 aliphatic heterocycles. The Bertz CT molecular complexity index is 947. The Morgan fingerprint density at radius 2 is 1.93 bits per heavy atom. The predicted molar refractivity (Wildman–Crippen MR) is 105 cm³/mol. The van der Waals surface area contributed by atoms with Crippen LogP contribution in [0, 0.1) is 5.82 Å². The Hall–Kier alpha value is -2.65. The fourth-order valence-corrected chi connectivity index (χ4v) is 3.53. The smallest absolute Gasteiger partial charge is 0.324 e. The zero-order valence-corrected chi connectivity index (χ0v) is 16.6. The van der Waals surface area contributed by atoms with Crippen molar-refractivity contribution in [3.05, 3.63) is 58.9 Å². The van der Waals surface area contributed by atoms with E-state index in [1.807, 2.05) is 0 Å². The van der Waals surface area contributed by atoms with E-state index in [-0.39, 0.29) is 28.5 Å². The molecular formula is C20H18ClF4N3O2. The second kappa shape index (κ2) is 8.61. The van der Waals surface area contributed by atoms with E-state index in [2.05, 4.69) is 5.32 Å². The topological polar surface area (TPSA) is 52.7 Å². The van der Waals surface area contributed by atoms with Crippen LogP contribution >= 0.6 is 11.6 Å². The van der Waals surface area contributed by atoms with Crippen molar-refractivity contribution in [2.24, 2.45) is 0 Å². The Morgan fingerprint density at radius 3 is 2.60 bits per heavy atom. The number of hydrogen-bond acceptors (Lipinski definition) is 3. The first-order valence-electron chi connectivity index (χ1n) is 8.97. The second-order valence-corrected chi connectivity index (χ2v) is 7.37. The summed E-state index contributed by atoms with van der Waals surface area (Å²) in [5, 5.41) is 2.55. The number of benzene rings is 2. The van der Waals surface area contributed by atoms with Gasteiger partial charge in [0.25, 0.3) is 0 Å². The van der Waals surface area contributed by atoms with Gasteiger partial charge in [-0.15, -0.1) is 0 Å². The maximum absolute atomic E-state index is 14.0. The number of para-hydroxylation sites is 2. The number of fused-ring (bicyclic) bond motifs is 1. The van der Waals surface area contributed by atoms with Crippen LogP contribution in [-0.4, -0.2) is 42.5 Å². The van der Waals surface area contributed by atoms with Gasteiger partial charge in [-0.2, -0.15) is 13.2 Å². The number of anilines is 2. The average molecular weight is 444 g/mol. The highest BCUT2D eigenvalue weighted by molar-refractivity contribution is 6.31. The molecular weight excluding hydrogens is 426 g/mol. The molecule has 2 amide bonds. The van der Waals surface area contributed by atoms with Gasteiger partial charge in [-0.1, -0.05) is 29.8 Å². The highest BCUT2D eigenvalue weighted by atomic mass is 35.5. The zero-order valence-electron chi connectivity index (χ0n) is 15.8. The predicted octanol–water partition coefficient (Wildman–Crippen LogP) is 4.22. The summed E-state index contributed by atoms with van der Waals surface area (Å²) in [6.45, 7) is -0.527. The van der Waals surface area contributed by atoms with Gasteiger partial charge in [0.1, 0.15) is 11.9 Å². The first-order valence-corrected chi connectivity index (χ1v) is 9.35. The van der Waals surface area contributed by atoms with Crippen LogP contribution < -0.4 is 10.2 Å². The van der Waals surface area contributed by atoms with E-state index in [1.165, 1.54) is 48.3 Å². The van der Waals surface area contributed by atoms with Crippen LogP contribution in [0.4, 0.5) is 28.9 Å². The lowest BCUT2D eigenvalue weighted by molar-refractivity contribution is -0.158. The third kappa shape index (κ3) is 4.73. The number of carbonyl (C=O) groups excluding carboxylic acids is 2. The Balaban J connectivity index is 1.90. The number of nitrogens with zero attached hydrogens (tertiary/aromatic N) is 2. The van der Waals surface area contributed by atoms with E-state index < -0.39 is 42.8 Å². The lowest BCUT2D eigenvalue weighted by Gasteiger charge is -2.33. The SMILES string of the molecule is CN(CC(=O)N1c2ccccc2NC(=O)C[C@H]1C(F)(F)F)Cc1c(F)cccc1Cl. The average Bonchev–Trinajstić information content (AvgIpc) is 2.80. The molecule has 0 bridgehead atoms. The number of rotatable bonds is 4. The van der Waals surface area contributed by atoms with E-state index in [9.17, 15) is 27.2 Å². The first kappa shape index (κ1) is 22.0. The van der Waals surface area contributed by atoms with Crippen molar-refractivity contribution >= 4 is 34.8 Å². The fourth-order valence-electron chi connectivity index (χ4n) is 3.31. The number of halogens is 5. The molecule has 0 spiro atoms. The summed E-state index contributed by atoms with van der Waals surface area (Å²) in [4.78, 5) is 26.9. The standard InChI is InChI=1S/C20H18ClF4N3O2/c1-27(10-12-13(21)5-4-6-14(12)22)11-19(30)28-16-8-3-2-7-15(16)26-18(29)9-17(28)20(23,24)25/h2-8,17H,9-11H2,1H3,(H,26,29)/t17-/m0/s1. The molecule has 0 aliphatic carbocycles. The largest absolute Gasteiger partial charge is 0.409 e. The molecule has 1 N–H and O–H groups in total. The quantitative estimate of drug-likeness (QED) is 0.720. The van der Waals surface area contributed by atoms with Gasteiger partial charge in [-0.05, 0) is 31.3 Å². The highest BCUT2D eigenvalue weighted by Gasteiger charge is 2.49. The van der Waals surface area contributed by atoms with Gasteiger partial charge in [-0.25, -0.2) is 4.39 Å². The van der Waals surface area contributed by atoms with Crippen LogP contribution in [0.25, 0.3) is 0 Å². The molecule has 1 atom stereocenters. The minimum Gasteiger partial charge on any atom is -0.324 e. The van der Waals surface area contributed by atoms with Gasteiger partial charge in [0.05, 0.1) is 24.3 Å². The number of carbonyl (C=O) groups is 2. The Kier molecular flexibility index (Phi) is 6.33. The Morgan fingerprint density at radius 1 is 1.23 bits per heavy atom. The summed E-state index contributed by atoms with van der Waals surface area (Å²) < 4.78 is 55.2. The monoisotopic (exact) mass is 443 g/mol. The summed E-state index contributed by atoms with van der Waals surface area (Å²) in [6.07, 6.45) is -5.75. The van der Waals surface area contributed by atoms with Crippen LogP contribution in [0.2, 0.25) is 5.02 Å². The third-order valence-corrected chi connectivity index (χ3v) is 5.02. The van der Waals surface area contributed by atoms with Crippen molar-refractivity contribution < 1.29 is 27.2 Å². The molecule has 0 aromatic heterocycles. The molecule has 5 nitrogen and oxygen atoms in total. The number of alkyl halides is 3. The van der Waals surface area contributed by atoms with E-state index in [4.69, 9.17) is 11.6 Å². The van der Waals surface area contributed by atoms with Crippen LogP contribution in [0.3, 0.4) is 0 Å². The Labute approximate surface area is 175 Å². The van der Waals surface area contributed by atoms with Crippen molar-refractivity contribution in [3.8, 4) is 0 Å². The minimum atomic E-state index is -4.82. The first-order chi connectivity index (χ1) is 14.1. The van der Waals surface area contributed by atoms with Gasteiger partial charge in [0.15, 0.2) is 0 Å². The van der Waals surface area contributed by atoms with Gasteiger partial charge in [0.2, 0.25) is 11.8 Å². The van der Waals surface area contributed by atoms with Crippen LogP contribution in [0.15, 0.2) is 42.5 Å². The normalized spacial score (nSPS) is 16.8. The molecule has 3 rings (SSSR count). The van der Waals surface area contributed by atoms with Crippen molar-refractivity contribution in [1.82, 2.24) is 4.90 Å². The van der Waals surface area contributed by atoms with Crippen LogP contribution in [0.1, 0.15) is 12.0 Å². The molecule has 0 saturated heterocycles. The molecule has 2 aromatic rings. The molecule has 1 aliphatic rings. The van der Waals surface area contributed by atoms with Gasteiger partial charge < -0.3 is 5.32 Å². The van der Waals surface area contributed by atoms with E-state index in [0.717, 1.165) is 0 Å². The van der Waals surface area contributed by atoms with Crippen molar-refractivity contribution in [1.29, 1.82) is 0 Å². The molecule has 1 heterocycles. The van der Waals surface area contributed by atoms with Crippen molar-refractivity contribution in [2.75, 3.05) is 23.8 Å². The summed E-state index contributed by atoms with van der Waals surface area (Å²) in [5.74, 6) is -2.30. The second-order valence-electron chi connectivity index (χ2n) is 6.96. The number of nitrogens with one attached hydrogen (secondary N) is 1. The van der Waals surface area contributed by atoms with Crippen LogP contribution in [0.5, 0.6) is 0 Å². The molecule has 0 fully saturated rings. The molecule has 0 unspecified atom stereocenters. The molecule has 0 radical (unpaired) electrons. The highest BCUT2D eigenvalue weighted by Crippen LogP contribution is 2.37. The minimum absolute atomic E-state index is 0.0481. The zero-order chi connectivity index (χ0) is 22.1. The maximum atomic E-state index is 14.0. The summed E-state index contributed by atoms with van der Waals surface area (Å²) in [7, 11) is 1.47. The van der Waals surface area contributed by atoms with Crippen molar-refractivity contribution in [2.45, 2.75) is 25.2 Å². The number of likely N-dealkylation sites (N-methyl/N-ethyl adjacent to an activating group) is 1. The molecule has 10 heteroatoms. The third-order valence-electron chi connectivity index (χ3n) is 4.67. The summed E-state index contributed by atoms with van der Waals surface area (Å²) in [5.41, 5.74) is 0.199. The fraction of sp³-hybridized carbons (Fsp3) is 0.300. The molecule has 30 heavy (non-hydrogen) atoms. The molecule has 0 saturated carbocycles. The van der Waals surface area contributed by atoms with E-state index >= 15 is 0 Å². The van der Waals surface area contributed by atoms with E-state index in [0.29, 0.717) is 4.90 Å². The van der Waals surface area contributed by atoms with Gasteiger partial charge in [0, 0.05) is 17.1 Å². The van der Waals surface area contributed by atoms with Crippen LogP contribution in [-0.2, 0) is 16.1 Å². The maximum Gasteiger partial charge on any atom is 0.409 e. The lowest BCUT2D eigenvalue weighted by Crippen LogP contribution is -2.52.